The minimum absolute atomic E-state index is 0.141. The van der Waals surface area contributed by atoms with Crippen LogP contribution in [0.4, 0.5) is 5.95 Å². The van der Waals surface area contributed by atoms with E-state index in [9.17, 15) is 5.11 Å². The molecule has 0 radical (unpaired) electrons. The van der Waals surface area contributed by atoms with E-state index < -0.39 is 0 Å². The maximum Gasteiger partial charge on any atom is 0.226 e. The summed E-state index contributed by atoms with van der Waals surface area (Å²) in [5, 5.41) is 17.0. The number of hydrogen-bond acceptors (Lipinski definition) is 6. The summed E-state index contributed by atoms with van der Waals surface area (Å²) >= 11 is 0. The number of aromatic hydroxyl groups is 1. The topological polar surface area (TPSA) is 85.1 Å². The molecule has 0 saturated heterocycles. The largest absolute Gasteiger partial charge is 0.504 e. The molecule has 2 aromatic heterocycles. The highest BCUT2D eigenvalue weighted by molar-refractivity contribution is 5.36. The predicted octanol–water partition coefficient (Wildman–Crippen LogP) is 1.41. The van der Waals surface area contributed by atoms with Gasteiger partial charge in [0.25, 0.3) is 0 Å². The molecule has 2 N–H and O–H groups in total. The van der Waals surface area contributed by atoms with Gasteiger partial charge < -0.3 is 15.2 Å². The number of methoxy groups -OCH3 is 1. The predicted molar refractivity (Wildman–Crippen MR) is 70.2 cm³/mol. The third-order valence-electron chi connectivity index (χ3n) is 2.63. The maximum absolute atomic E-state index is 9.75. The van der Waals surface area contributed by atoms with E-state index in [1.54, 1.807) is 31.1 Å². The van der Waals surface area contributed by atoms with Crippen molar-refractivity contribution in [3.63, 3.8) is 0 Å². The molecule has 0 aliphatic heterocycles. The molecule has 0 spiro atoms. The molecule has 1 atom stereocenters. The number of aryl methyl sites for hydroxylation is 2. The number of anilines is 1. The zero-order valence-electron chi connectivity index (χ0n) is 11.4. The van der Waals surface area contributed by atoms with Gasteiger partial charge in [0.2, 0.25) is 11.8 Å². The first-order valence-corrected chi connectivity index (χ1v) is 5.88. The highest BCUT2D eigenvalue weighted by Crippen LogP contribution is 2.24. The molecular formula is C12H17N5O2. The Morgan fingerprint density at radius 1 is 1.42 bits per heavy atom. The van der Waals surface area contributed by atoms with Crippen LogP contribution in [-0.2, 0) is 7.05 Å². The van der Waals surface area contributed by atoms with Crippen molar-refractivity contribution in [3.05, 3.63) is 23.7 Å². The number of nitrogens with one attached hydrogen (secondary N) is 1. The zero-order chi connectivity index (χ0) is 14.0. The minimum atomic E-state index is -0.215. The number of aromatic nitrogens is 4. The van der Waals surface area contributed by atoms with E-state index in [0.29, 0.717) is 17.5 Å². The van der Waals surface area contributed by atoms with Gasteiger partial charge in [-0.1, -0.05) is 0 Å². The Kier molecular flexibility index (Phi) is 3.55. The summed E-state index contributed by atoms with van der Waals surface area (Å²) in [4.78, 5) is 8.46. The normalized spacial score (nSPS) is 12.2. The van der Waals surface area contributed by atoms with E-state index in [1.807, 2.05) is 13.8 Å². The molecule has 0 saturated carbocycles. The first-order valence-electron chi connectivity index (χ1n) is 5.88. The van der Waals surface area contributed by atoms with Crippen LogP contribution in [0, 0.1) is 6.92 Å². The molecule has 0 fully saturated rings. The summed E-state index contributed by atoms with van der Waals surface area (Å²) in [7, 11) is 3.31. The molecule has 2 aromatic rings. The third kappa shape index (κ3) is 2.93. The Morgan fingerprint density at radius 3 is 2.74 bits per heavy atom. The van der Waals surface area contributed by atoms with Crippen molar-refractivity contribution >= 4 is 5.95 Å². The molecular weight excluding hydrogens is 246 g/mol. The van der Waals surface area contributed by atoms with E-state index in [2.05, 4.69) is 20.4 Å². The fraction of sp³-hybridized carbons (Fsp3) is 0.417. The van der Waals surface area contributed by atoms with E-state index in [1.165, 1.54) is 0 Å². The van der Waals surface area contributed by atoms with Gasteiger partial charge in [0.1, 0.15) is 5.69 Å². The van der Waals surface area contributed by atoms with Crippen LogP contribution in [0.1, 0.15) is 24.4 Å². The summed E-state index contributed by atoms with van der Waals surface area (Å²) in [6.45, 7) is 3.73. The number of ether oxygens (including phenoxy) is 1. The van der Waals surface area contributed by atoms with Crippen LogP contribution in [0.25, 0.3) is 0 Å². The molecule has 0 amide bonds. The molecule has 2 heterocycles. The molecule has 0 aliphatic rings. The Labute approximate surface area is 111 Å². The van der Waals surface area contributed by atoms with E-state index in [0.717, 1.165) is 5.69 Å². The smallest absolute Gasteiger partial charge is 0.226 e. The maximum atomic E-state index is 9.75. The molecule has 1 unspecified atom stereocenters. The fourth-order valence-electron chi connectivity index (χ4n) is 1.77. The highest BCUT2D eigenvalue weighted by Gasteiger charge is 2.16. The fourth-order valence-corrected chi connectivity index (χ4v) is 1.77. The Bertz CT molecular complexity index is 581. The molecule has 0 bridgehead atoms. The Balaban J connectivity index is 2.21. The first-order chi connectivity index (χ1) is 8.99. The summed E-state index contributed by atoms with van der Waals surface area (Å²) in [5.41, 5.74) is 1.35. The van der Waals surface area contributed by atoms with Crippen LogP contribution < -0.4 is 10.1 Å². The average molecular weight is 263 g/mol. The monoisotopic (exact) mass is 263 g/mol. The van der Waals surface area contributed by atoms with E-state index in [4.69, 9.17) is 4.74 Å². The first kappa shape index (κ1) is 13.1. The van der Waals surface area contributed by atoms with Crippen molar-refractivity contribution in [1.82, 2.24) is 19.7 Å². The molecule has 0 aromatic carbocycles. The minimum Gasteiger partial charge on any atom is -0.504 e. The summed E-state index contributed by atoms with van der Waals surface area (Å²) in [6.07, 6.45) is 1.55. The lowest BCUT2D eigenvalue weighted by molar-refractivity contribution is 0.397. The van der Waals surface area contributed by atoms with Gasteiger partial charge >= 0.3 is 0 Å². The molecule has 0 aliphatic carbocycles. The van der Waals surface area contributed by atoms with Gasteiger partial charge in [-0.15, -0.1) is 0 Å². The van der Waals surface area contributed by atoms with E-state index in [-0.39, 0.29) is 11.8 Å². The zero-order valence-corrected chi connectivity index (χ0v) is 11.4. The van der Waals surface area contributed by atoms with Crippen LogP contribution in [0.5, 0.6) is 11.6 Å². The molecule has 19 heavy (non-hydrogen) atoms. The summed E-state index contributed by atoms with van der Waals surface area (Å²) in [6, 6.07) is 1.53. The van der Waals surface area contributed by atoms with Crippen LogP contribution in [0.2, 0.25) is 0 Å². The Hall–Kier alpha value is -2.31. The lowest BCUT2D eigenvalue weighted by Gasteiger charge is -2.12. The van der Waals surface area contributed by atoms with Crippen molar-refractivity contribution in [2.24, 2.45) is 7.05 Å². The number of nitrogens with zero attached hydrogens (tertiary/aromatic N) is 4. The van der Waals surface area contributed by atoms with Crippen molar-refractivity contribution in [1.29, 1.82) is 0 Å². The van der Waals surface area contributed by atoms with Crippen molar-refractivity contribution < 1.29 is 9.84 Å². The second-order valence-corrected chi connectivity index (χ2v) is 4.31. The number of hydrogen-bond donors (Lipinski definition) is 2. The Morgan fingerprint density at radius 2 is 2.16 bits per heavy atom. The van der Waals surface area contributed by atoms with Crippen molar-refractivity contribution in [3.8, 4) is 11.6 Å². The van der Waals surface area contributed by atoms with Crippen LogP contribution >= 0.6 is 0 Å². The molecule has 7 nitrogen and oxygen atoms in total. The molecule has 102 valence electrons. The van der Waals surface area contributed by atoms with Gasteiger partial charge in [0.05, 0.1) is 19.3 Å². The van der Waals surface area contributed by atoms with Gasteiger partial charge in [-0.05, 0) is 13.8 Å². The van der Waals surface area contributed by atoms with Crippen LogP contribution in [0.3, 0.4) is 0 Å². The quantitative estimate of drug-likeness (QED) is 0.867. The summed E-state index contributed by atoms with van der Waals surface area (Å²) < 4.78 is 6.65. The second kappa shape index (κ2) is 5.13. The standard InChI is InChI=1S/C12H17N5O2/c1-7-5-10(19-4)15-12(13-7)14-8(2)11-9(18)6-17(3)16-11/h5-6,8,18H,1-4H3,(H,13,14,15). The van der Waals surface area contributed by atoms with Gasteiger partial charge in [-0.2, -0.15) is 10.1 Å². The van der Waals surface area contributed by atoms with Crippen molar-refractivity contribution in [2.75, 3.05) is 12.4 Å². The van der Waals surface area contributed by atoms with Crippen LogP contribution in [-0.4, -0.2) is 32.0 Å². The van der Waals surface area contributed by atoms with E-state index >= 15 is 0 Å². The van der Waals surface area contributed by atoms with Gasteiger partial charge in [-0.3, -0.25) is 4.68 Å². The lowest BCUT2D eigenvalue weighted by Crippen LogP contribution is -2.11. The lowest BCUT2D eigenvalue weighted by atomic mass is 10.2. The van der Waals surface area contributed by atoms with Crippen LogP contribution in [0.15, 0.2) is 12.3 Å². The number of rotatable bonds is 4. The second-order valence-electron chi connectivity index (χ2n) is 4.31. The molecule has 7 heteroatoms. The van der Waals surface area contributed by atoms with Crippen molar-refractivity contribution in [2.45, 2.75) is 19.9 Å². The van der Waals surface area contributed by atoms with Gasteiger partial charge in [0, 0.05) is 18.8 Å². The molecule has 2 rings (SSSR count). The van der Waals surface area contributed by atoms with Gasteiger partial charge in [0.15, 0.2) is 5.75 Å². The highest BCUT2D eigenvalue weighted by atomic mass is 16.5. The third-order valence-corrected chi connectivity index (χ3v) is 2.63. The van der Waals surface area contributed by atoms with Gasteiger partial charge in [-0.25, -0.2) is 4.98 Å². The average Bonchev–Trinajstić information content (AvgIpc) is 2.67. The SMILES string of the molecule is COc1cc(C)nc(NC(C)c2nn(C)cc2O)n1. The summed E-state index contributed by atoms with van der Waals surface area (Å²) in [5.74, 6) is 1.07.